The summed E-state index contributed by atoms with van der Waals surface area (Å²) in [6.07, 6.45) is 0. The molecule has 0 saturated heterocycles. The molecular formula is C24H21ClN4O5S2. The standard InChI is InChI=1S/C24H21ClN4O5S2/c1-33-18-11-8-16(9-12-18)23-27-28-24(35-23)26-22(30)15-29(17-10-13-21(34-2)20(25)14-17)36(31,32)19-6-4-3-5-7-19/h3-14H,15H2,1-2H3,(H,26,28,30). The third-order valence-corrected chi connectivity index (χ3v) is 8.02. The van der Waals surface area contributed by atoms with E-state index in [2.05, 4.69) is 15.5 Å². The summed E-state index contributed by atoms with van der Waals surface area (Å²) in [4.78, 5) is 13.0. The Hall–Kier alpha value is -3.67. The molecule has 0 radical (unpaired) electrons. The van der Waals surface area contributed by atoms with Crippen molar-refractivity contribution in [1.82, 2.24) is 10.2 Å². The van der Waals surface area contributed by atoms with Gasteiger partial charge in [0.15, 0.2) is 0 Å². The zero-order valence-electron chi connectivity index (χ0n) is 19.2. The second kappa shape index (κ2) is 10.9. The van der Waals surface area contributed by atoms with Crippen LogP contribution in [0.4, 0.5) is 10.8 Å². The Bertz CT molecular complexity index is 1460. The van der Waals surface area contributed by atoms with Crippen molar-refractivity contribution in [3.05, 3.63) is 77.8 Å². The average Bonchev–Trinajstić information content (AvgIpc) is 3.36. The Morgan fingerprint density at radius 1 is 1.00 bits per heavy atom. The number of amides is 1. The Kier molecular flexibility index (Phi) is 7.73. The minimum Gasteiger partial charge on any atom is -0.497 e. The fourth-order valence-corrected chi connectivity index (χ4v) is 5.71. The first-order valence-electron chi connectivity index (χ1n) is 10.5. The average molecular weight is 545 g/mol. The molecule has 1 aromatic heterocycles. The number of aromatic nitrogens is 2. The van der Waals surface area contributed by atoms with Crippen LogP contribution in [-0.4, -0.2) is 45.3 Å². The van der Waals surface area contributed by atoms with Crippen molar-refractivity contribution in [2.75, 3.05) is 30.4 Å². The lowest BCUT2D eigenvalue weighted by Gasteiger charge is -2.24. The predicted octanol–water partition coefficient (Wildman–Crippen LogP) is 4.71. The highest BCUT2D eigenvalue weighted by Gasteiger charge is 2.28. The first kappa shape index (κ1) is 25.4. The molecule has 4 aromatic rings. The highest BCUT2D eigenvalue weighted by atomic mass is 35.5. The zero-order chi connectivity index (χ0) is 25.7. The van der Waals surface area contributed by atoms with Crippen LogP contribution in [0.15, 0.2) is 77.7 Å². The van der Waals surface area contributed by atoms with E-state index in [0.29, 0.717) is 16.5 Å². The van der Waals surface area contributed by atoms with Gasteiger partial charge in [0.2, 0.25) is 11.0 Å². The van der Waals surface area contributed by atoms with Crippen LogP contribution in [0.1, 0.15) is 0 Å². The molecule has 36 heavy (non-hydrogen) atoms. The van der Waals surface area contributed by atoms with Gasteiger partial charge >= 0.3 is 0 Å². The molecule has 3 aromatic carbocycles. The molecule has 9 nitrogen and oxygen atoms in total. The number of carbonyl (C=O) groups is 1. The highest BCUT2D eigenvalue weighted by Crippen LogP contribution is 2.32. The van der Waals surface area contributed by atoms with Gasteiger partial charge in [-0.15, -0.1) is 10.2 Å². The molecule has 1 heterocycles. The Morgan fingerprint density at radius 3 is 2.36 bits per heavy atom. The van der Waals surface area contributed by atoms with E-state index in [-0.39, 0.29) is 20.7 Å². The number of ether oxygens (including phenoxy) is 2. The summed E-state index contributed by atoms with van der Waals surface area (Å²) in [5.41, 5.74) is 1.01. The van der Waals surface area contributed by atoms with Gasteiger partial charge in [0.25, 0.3) is 10.0 Å². The van der Waals surface area contributed by atoms with Crippen molar-refractivity contribution in [3.8, 4) is 22.1 Å². The van der Waals surface area contributed by atoms with E-state index in [0.717, 1.165) is 21.2 Å². The molecule has 1 amide bonds. The fraction of sp³-hybridized carbons (Fsp3) is 0.125. The number of nitrogens with zero attached hydrogens (tertiary/aromatic N) is 3. The maximum absolute atomic E-state index is 13.5. The van der Waals surface area contributed by atoms with E-state index in [4.69, 9.17) is 21.1 Å². The summed E-state index contributed by atoms with van der Waals surface area (Å²) in [5.74, 6) is 0.482. The second-order valence-electron chi connectivity index (χ2n) is 7.33. The number of rotatable bonds is 9. The van der Waals surface area contributed by atoms with Crippen LogP contribution in [0.2, 0.25) is 5.02 Å². The maximum atomic E-state index is 13.5. The molecule has 0 aliphatic carbocycles. The van der Waals surface area contributed by atoms with Gasteiger partial charge in [-0.2, -0.15) is 0 Å². The minimum atomic E-state index is -4.09. The molecule has 0 spiro atoms. The van der Waals surface area contributed by atoms with Gasteiger partial charge < -0.3 is 9.47 Å². The molecular weight excluding hydrogens is 524 g/mol. The van der Waals surface area contributed by atoms with Crippen LogP contribution in [0.25, 0.3) is 10.6 Å². The maximum Gasteiger partial charge on any atom is 0.264 e. The van der Waals surface area contributed by atoms with Crippen LogP contribution < -0.4 is 19.1 Å². The van der Waals surface area contributed by atoms with Crippen molar-refractivity contribution < 1.29 is 22.7 Å². The normalized spacial score (nSPS) is 11.1. The highest BCUT2D eigenvalue weighted by molar-refractivity contribution is 7.92. The lowest BCUT2D eigenvalue weighted by molar-refractivity contribution is -0.114. The molecule has 0 atom stereocenters. The molecule has 0 bridgehead atoms. The molecule has 4 rings (SSSR count). The molecule has 0 fully saturated rings. The Morgan fingerprint density at radius 2 is 1.72 bits per heavy atom. The van der Waals surface area contributed by atoms with Crippen LogP contribution >= 0.6 is 22.9 Å². The van der Waals surface area contributed by atoms with Gasteiger partial charge in [-0.05, 0) is 54.6 Å². The van der Waals surface area contributed by atoms with Crippen molar-refractivity contribution in [3.63, 3.8) is 0 Å². The van der Waals surface area contributed by atoms with Gasteiger partial charge in [0.05, 0.1) is 29.8 Å². The van der Waals surface area contributed by atoms with Crippen molar-refractivity contribution in [2.24, 2.45) is 0 Å². The number of hydrogen-bond acceptors (Lipinski definition) is 8. The Balaban J connectivity index is 1.59. The molecule has 0 saturated carbocycles. The monoisotopic (exact) mass is 544 g/mol. The van der Waals surface area contributed by atoms with Gasteiger partial charge in [-0.25, -0.2) is 8.42 Å². The van der Waals surface area contributed by atoms with Gasteiger partial charge in [0, 0.05) is 5.56 Å². The Labute approximate surface area is 217 Å². The topological polar surface area (TPSA) is 111 Å². The van der Waals surface area contributed by atoms with E-state index >= 15 is 0 Å². The third kappa shape index (κ3) is 5.59. The summed E-state index contributed by atoms with van der Waals surface area (Å²) in [5, 5.41) is 11.8. The minimum absolute atomic E-state index is 0.0300. The molecule has 0 aliphatic rings. The van der Waals surface area contributed by atoms with Gasteiger partial charge in [-0.3, -0.25) is 14.4 Å². The number of carbonyl (C=O) groups excluding carboxylic acids is 1. The van der Waals surface area contributed by atoms with Crippen LogP contribution in [0.3, 0.4) is 0 Å². The number of methoxy groups -OCH3 is 2. The number of hydrogen-bond donors (Lipinski definition) is 1. The zero-order valence-corrected chi connectivity index (χ0v) is 21.6. The SMILES string of the molecule is COc1ccc(-c2nnc(NC(=O)CN(c3ccc(OC)c(Cl)c3)S(=O)(=O)c3ccccc3)s2)cc1. The number of anilines is 2. The second-order valence-corrected chi connectivity index (χ2v) is 10.6. The van der Waals surface area contributed by atoms with Crippen molar-refractivity contribution in [1.29, 1.82) is 0 Å². The molecule has 12 heteroatoms. The van der Waals surface area contributed by atoms with E-state index in [1.54, 1.807) is 37.4 Å². The molecule has 0 unspecified atom stereocenters. The van der Waals surface area contributed by atoms with E-state index < -0.39 is 22.5 Å². The van der Waals surface area contributed by atoms with Gasteiger partial charge in [0.1, 0.15) is 23.1 Å². The van der Waals surface area contributed by atoms with Crippen LogP contribution in [-0.2, 0) is 14.8 Å². The lowest BCUT2D eigenvalue weighted by atomic mass is 10.2. The quantitative estimate of drug-likeness (QED) is 0.325. The van der Waals surface area contributed by atoms with Crippen LogP contribution in [0, 0.1) is 0 Å². The summed E-state index contributed by atoms with van der Waals surface area (Å²) < 4.78 is 38.2. The lowest BCUT2D eigenvalue weighted by Crippen LogP contribution is -2.38. The molecule has 0 aliphatic heterocycles. The number of sulfonamides is 1. The number of halogens is 1. The van der Waals surface area contributed by atoms with Gasteiger partial charge in [-0.1, -0.05) is 41.1 Å². The van der Waals surface area contributed by atoms with E-state index in [9.17, 15) is 13.2 Å². The largest absolute Gasteiger partial charge is 0.497 e. The predicted molar refractivity (Wildman–Crippen MR) is 140 cm³/mol. The molecule has 1 N–H and O–H groups in total. The fourth-order valence-electron chi connectivity index (χ4n) is 3.26. The first-order valence-corrected chi connectivity index (χ1v) is 13.1. The molecule has 186 valence electrons. The first-order chi connectivity index (χ1) is 17.3. The van der Waals surface area contributed by atoms with Crippen molar-refractivity contribution >= 4 is 49.7 Å². The van der Waals surface area contributed by atoms with E-state index in [1.807, 2.05) is 12.1 Å². The number of benzene rings is 3. The number of nitrogens with one attached hydrogen (secondary N) is 1. The summed E-state index contributed by atoms with van der Waals surface area (Å²) in [7, 11) is -1.06. The summed E-state index contributed by atoms with van der Waals surface area (Å²) in [6, 6.07) is 19.6. The smallest absolute Gasteiger partial charge is 0.264 e. The van der Waals surface area contributed by atoms with Crippen molar-refractivity contribution in [2.45, 2.75) is 4.90 Å². The van der Waals surface area contributed by atoms with Crippen LogP contribution in [0.5, 0.6) is 11.5 Å². The van der Waals surface area contributed by atoms with E-state index in [1.165, 1.54) is 37.4 Å². The third-order valence-electron chi connectivity index (χ3n) is 5.05. The summed E-state index contributed by atoms with van der Waals surface area (Å²) in [6.45, 7) is -0.517. The summed E-state index contributed by atoms with van der Waals surface area (Å²) >= 11 is 7.41.